The lowest BCUT2D eigenvalue weighted by molar-refractivity contribution is 0.648. The smallest absolute Gasteiger partial charge is 0.144 e. The van der Waals surface area contributed by atoms with Crippen molar-refractivity contribution in [2.45, 2.75) is 63.7 Å². The van der Waals surface area contributed by atoms with Gasteiger partial charge in [-0.05, 0) is 117 Å². The van der Waals surface area contributed by atoms with Crippen molar-refractivity contribution in [1.29, 1.82) is 0 Å². The molecule has 0 saturated carbocycles. The molecule has 0 saturated heterocycles. The predicted octanol–water partition coefficient (Wildman–Crippen LogP) is 16.3. The van der Waals surface area contributed by atoms with Crippen molar-refractivity contribution in [3.8, 4) is 22.3 Å². The number of allylic oxidation sites excluding steroid dienone is 7. The average molecular weight is 814 g/mol. The van der Waals surface area contributed by atoms with Crippen LogP contribution in [0.3, 0.4) is 0 Å². The fraction of sp³-hybridized carbons (Fsp3) is 0.167. The van der Waals surface area contributed by atoms with Crippen molar-refractivity contribution in [2.24, 2.45) is 0 Å². The number of hydrogen-bond acceptors (Lipinski definition) is 3. The van der Waals surface area contributed by atoms with Crippen molar-refractivity contribution in [1.82, 2.24) is 0 Å². The minimum atomic E-state index is -0.0873. The number of nitrogens with zero attached hydrogens (tertiary/aromatic N) is 1. The van der Waals surface area contributed by atoms with E-state index in [1.54, 1.807) is 0 Å². The van der Waals surface area contributed by atoms with Crippen molar-refractivity contribution in [3.63, 3.8) is 0 Å². The molecule has 2 aromatic heterocycles. The fourth-order valence-corrected chi connectivity index (χ4v) is 11.7. The van der Waals surface area contributed by atoms with Gasteiger partial charge in [-0.15, -0.1) is 0 Å². The van der Waals surface area contributed by atoms with Gasteiger partial charge in [-0.25, -0.2) is 0 Å². The van der Waals surface area contributed by atoms with E-state index in [9.17, 15) is 0 Å². The van der Waals surface area contributed by atoms with E-state index in [0.29, 0.717) is 0 Å². The van der Waals surface area contributed by atoms with E-state index in [0.717, 1.165) is 74.3 Å². The van der Waals surface area contributed by atoms with Crippen LogP contribution in [0.5, 0.6) is 0 Å². The van der Waals surface area contributed by atoms with Gasteiger partial charge in [0.2, 0.25) is 0 Å². The molecule has 1 unspecified atom stereocenters. The van der Waals surface area contributed by atoms with E-state index in [1.807, 2.05) is 12.1 Å². The van der Waals surface area contributed by atoms with Crippen LogP contribution in [0, 0.1) is 0 Å². The molecule has 0 fully saturated rings. The summed E-state index contributed by atoms with van der Waals surface area (Å²) in [6.45, 7) is 9.56. The largest absolute Gasteiger partial charge is 0.456 e. The minimum absolute atomic E-state index is 0.0541. The normalized spacial score (nSPS) is 18.1. The maximum atomic E-state index is 6.94. The van der Waals surface area contributed by atoms with E-state index in [-0.39, 0.29) is 16.7 Å². The van der Waals surface area contributed by atoms with E-state index in [4.69, 9.17) is 8.83 Å². The van der Waals surface area contributed by atoms with Gasteiger partial charge in [-0.1, -0.05) is 155 Å². The summed E-state index contributed by atoms with van der Waals surface area (Å²) < 4.78 is 13.4. The molecule has 0 spiro atoms. The molecule has 0 aliphatic heterocycles. The summed E-state index contributed by atoms with van der Waals surface area (Å²) in [5, 5.41) is 4.38. The third kappa shape index (κ3) is 5.26. The molecule has 2 heterocycles. The van der Waals surface area contributed by atoms with E-state index in [2.05, 4.69) is 190 Å². The van der Waals surface area contributed by atoms with Gasteiger partial charge in [-0.2, -0.15) is 0 Å². The molecule has 0 N–H and O–H groups in total. The highest BCUT2D eigenvalue weighted by Crippen LogP contribution is 2.54. The van der Waals surface area contributed by atoms with Gasteiger partial charge in [0, 0.05) is 60.9 Å². The molecule has 1 atom stereocenters. The highest BCUT2D eigenvalue weighted by Gasteiger charge is 2.40. The maximum absolute atomic E-state index is 6.94. The first-order valence-electron chi connectivity index (χ1n) is 22.6. The number of rotatable bonds is 5. The highest BCUT2D eigenvalue weighted by atomic mass is 16.3. The number of hydrogen-bond donors (Lipinski definition) is 0. The summed E-state index contributed by atoms with van der Waals surface area (Å²) in [7, 11) is 0. The van der Waals surface area contributed by atoms with Crippen LogP contribution in [-0.2, 0) is 10.8 Å². The van der Waals surface area contributed by atoms with Crippen LogP contribution in [-0.4, -0.2) is 0 Å². The minimum Gasteiger partial charge on any atom is -0.456 e. The van der Waals surface area contributed by atoms with Crippen LogP contribution < -0.4 is 4.90 Å². The van der Waals surface area contributed by atoms with Crippen LogP contribution in [0.2, 0.25) is 0 Å². The van der Waals surface area contributed by atoms with Crippen molar-refractivity contribution >= 4 is 55.1 Å². The molecule has 0 bridgehead atoms. The molecule has 304 valence electrons. The molecule has 3 heteroatoms. The SMILES string of the molecule is CC1(C)C2=C(CCC(N(C3=CCC(c4ccc5c(c4)oc4c(-c6ccccc6)c6c(cc45)oc4ccccc46)C=C3)c3ccc4c(c3)C(C)(C)c3ccccc3-4)=C2)c2ccccc21. The van der Waals surface area contributed by atoms with Crippen LogP contribution >= 0.6 is 0 Å². The summed E-state index contributed by atoms with van der Waals surface area (Å²) in [5.41, 5.74) is 22.0. The van der Waals surface area contributed by atoms with Gasteiger partial charge in [0.1, 0.15) is 22.3 Å². The van der Waals surface area contributed by atoms with Crippen molar-refractivity contribution in [2.75, 3.05) is 4.90 Å². The van der Waals surface area contributed by atoms with Gasteiger partial charge in [0.25, 0.3) is 0 Å². The van der Waals surface area contributed by atoms with Gasteiger partial charge >= 0.3 is 0 Å². The Bertz CT molecular complexity index is 3540. The van der Waals surface area contributed by atoms with E-state index < -0.39 is 0 Å². The van der Waals surface area contributed by atoms with Crippen LogP contribution in [0.15, 0.2) is 196 Å². The number of fused-ring (bicyclic) bond motifs is 11. The second kappa shape index (κ2) is 13.2. The number of anilines is 1. The second-order valence-corrected chi connectivity index (χ2v) is 19.1. The zero-order valence-electron chi connectivity index (χ0n) is 36.1. The van der Waals surface area contributed by atoms with Gasteiger partial charge in [0.15, 0.2) is 0 Å². The number of furan rings is 2. The van der Waals surface area contributed by atoms with Gasteiger partial charge in [-0.3, -0.25) is 0 Å². The first kappa shape index (κ1) is 36.5. The van der Waals surface area contributed by atoms with Crippen LogP contribution in [0.1, 0.15) is 80.7 Å². The zero-order chi connectivity index (χ0) is 42.2. The molecule has 63 heavy (non-hydrogen) atoms. The fourth-order valence-electron chi connectivity index (χ4n) is 11.7. The Hall–Kier alpha value is -7.10. The summed E-state index contributed by atoms with van der Waals surface area (Å²) in [5.74, 6) is 0.216. The first-order chi connectivity index (χ1) is 30.7. The van der Waals surface area contributed by atoms with Crippen molar-refractivity contribution < 1.29 is 8.83 Å². The standard InChI is InChI=1S/C60H47NO2/c1-59(2)49-19-11-8-16-42(49)44-30-27-40(33-51(44)59)61(41-28-31-45-43-17-9-12-20-50(43)60(3,4)52(45)34-41)39-25-22-36(23-26-39)38-24-29-46-48-35-55-57(47-18-10-13-21-53(47)62-55)56(37-14-6-5-7-15-37)58(48)63-54(46)32-38/h5-22,24-27,29-30,32-36H,23,28,31H2,1-4H3. The molecular weight excluding hydrogens is 767 g/mol. The molecule has 4 aliphatic rings. The topological polar surface area (TPSA) is 29.5 Å². The third-order valence-corrected chi connectivity index (χ3v) is 14.9. The lowest BCUT2D eigenvalue weighted by Crippen LogP contribution is -2.26. The highest BCUT2D eigenvalue weighted by molar-refractivity contribution is 6.23. The summed E-state index contributed by atoms with van der Waals surface area (Å²) >= 11 is 0. The van der Waals surface area contributed by atoms with Crippen LogP contribution in [0.25, 0.3) is 71.7 Å². The summed E-state index contributed by atoms with van der Waals surface area (Å²) in [6.07, 6.45) is 12.7. The summed E-state index contributed by atoms with van der Waals surface area (Å²) in [4.78, 5) is 2.57. The first-order valence-corrected chi connectivity index (χ1v) is 22.6. The molecule has 4 aliphatic carbocycles. The Morgan fingerprint density at radius 2 is 1.32 bits per heavy atom. The number of para-hydroxylation sites is 1. The molecule has 3 nitrogen and oxygen atoms in total. The third-order valence-electron chi connectivity index (χ3n) is 14.9. The lowest BCUT2D eigenvalue weighted by Gasteiger charge is -2.35. The van der Waals surface area contributed by atoms with Gasteiger partial charge < -0.3 is 13.7 Å². The molecular formula is C60H47NO2. The Morgan fingerprint density at radius 3 is 2.14 bits per heavy atom. The zero-order valence-corrected chi connectivity index (χ0v) is 36.1. The Balaban J connectivity index is 0.898. The predicted molar refractivity (Wildman–Crippen MR) is 261 cm³/mol. The average Bonchev–Trinajstić information content (AvgIpc) is 4.01. The monoisotopic (exact) mass is 813 g/mol. The Morgan fingerprint density at radius 1 is 0.571 bits per heavy atom. The number of benzene rings is 7. The Kier molecular flexibility index (Phi) is 7.66. The summed E-state index contributed by atoms with van der Waals surface area (Å²) in [6, 6.07) is 53.1. The molecule has 13 rings (SSSR count). The molecule has 9 aromatic rings. The lowest BCUT2D eigenvalue weighted by atomic mass is 9.79. The van der Waals surface area contributed by atoms with Crippen LogP contribution in [0.4, 0.5) is 5.69 Å². The maximum Gasteiger partial charge on any atom is 0.144 e. The molecule has 0 radical (unpaired) electrons. The molecule has 0 amide bonds. The quantitative estimate of drug-likeness (QED) is 0.173. The van der Waals surface area contributed by atoms with Crippen molar-refractivity contribution in [3.05, 3.63) is 215 Å². The van der Waals surface area contributed by atoms with E-state index >= 15 is 0 Å². The molecule has 7 aromatic carbocycles. The van der Waals surface area contributed by atoms with Gasteiger partial charge in [0.05, 0.1) is 0 Å². The van der Waals surface area contributed by atoms with E-state index in [1.165, 1.54) is 67.2 Å². The second-order valence-electron chi connectivity index (χ2n) is 19.1. The Labute approximate surface area is 368 Å².